The van der Waals surface area contributed by atoms with Crippen molar-refractivity contribution in [2.45, 2.75) is 43.5 Å². The van der Waals surface area contributed by atoms with E-state index in [0.717, 1.165) is 0 Å². The van der Waals surface area contributed by atoms with Gasteiger partial charge in [0.05, 0.1) is 13.2 Å². The maximum absolute atomic E-state index is 14.2. The zero-order chi connectivity index (χ0) is 22.8. The number of aliphatic hydroxyl groups excluding tert-OH is 4. The summed E-state index contributed by atoms with van der Waals surface area (Å²) >= 11 is 6.35. The highest BCUT2D eigenvalue weighted by molar-refractivity contribution is 6.31. The van der Waals surface area contributed by atoms with E-state index in [-0.39, 0.29) is 12.2 Å². The lowest BCUT2D eigenvalue weighted by atomic mass is 9.87. The van der Waals surface area contributed by atoms with E-state index in [2.05, 4.69) is 0 Å². The Morgan fingerprint density at radius 1 is 1.13 bits per heavy atom. The van der Waals surface area contributed by atoms with E-state index < -0.39 is 42.6 Å². The van der Waals surface area contributed by atoms with Gasteiger partial charge in [-0.1, -0.05) is 23.7 Å². The first-order valence-corrected chi connectivity index (χ1v) is 10.2. The highest BCUT2D eigenvalue weighted by atomic mass is 35.5. The molecule has 170 valence electrons. The van der Waals surface area contributed by atoms with Gasteiger partial charge in [-0.25, -0.2) is 4.39 Å². The number of methoxy groups -OCH3 is 1. The minimum absolute atomic E-state index is 0.158. The molecule has 0 bridgehead atoms. The predicted molar refractivity (Wildman–Crippen MR) is 110 cm³/mol. The average molecular weight is 457 g/mol. The zero-order valence-electron chi connectivity index (χ0n) is 17.2. The van der Waals surface area contributed by atoms with Crippen LogP contribution in [0.1, 0.15) is 23.6 Å². The summed E-state index contributed by atoms with van der Waals surface area (Å²) in [6.07, 6.45) is -5.68. The van der Waals surface area contributed by atoms with E-state index in [0.29, 0.717) is 28.3 Å². The molecule has 1 saturated heterocycles. The minimum Gasteiger partial charge on any atom is -0.491 e. The Balaban J connectivity index is 1.96. The molecule has 1 heterocycles. The van der Waals surface area contributed by atoms with Gasteiger partial charge >= 0.3 is 0 Å². The molecule has 0 aromatic heterocycles. The second-order valence-electron chi connectivity index (χ2n) is 7.32. The van der Waals surface area contributed by atoms with Gasteiger partial charge in [-0.15, -0.1) is 0 Å². The van der Waals surface area contributed by atoms with Gasteiger partial charge in [0.25, 0.3) is 0 Å². The standard InChI is InChI=1S/C22H26ClFO7/c1-3-30-17-7-4-12(9-16(17)24)8-13-10-14(5-6-15(13)23)22(29-2)21(28)20(27)19(26)18(11-25)31-22/h4-7,9-10,18-21,25-28H,3,8,11H2,1-2H3/t18?,19-,20+,21-,22+/m1/s1. The molecule has 3 rings (SSSR count). The van der Waals surface area contributed by atoms with Crippen molar-refractivity contribution >= 4 is 11.6 Å². The number of halogens is 2. The van der Waals surface area contributed by atoms with Crippen LogP contribution in [-0.4, -0.2) is 65.2 Å². The highest BCUT2D eigenvalue weighted by Crippen LogP contribution is 2.40. The van der Waals surface area contributed by atoms with Crippen molar-refractivity contribution < 1.29 is 39.0 Å². The van der Waals surface area contributed by atoms with Gasteiger partial charge in [0.15, 0.2) is 11.6 Å². The molecule has 5 atom stereocenters. The van der Waals surface area contributed by atoms with Crippen molar-refractivity contribution in [1.29, 1.82) is 0 Å². The fourth-order valence-corrected chi connectivity index (χ4v) is 3.92. The lowest BCUT2D eigenvalue weighted by molar-refractivity contribution is -0.366. The Morgan fingerprint density at radius 2 is 1.87 bits per heavy atom. The Morgan fingerprint density at radius 3 is 2.48 bits per heavy atom. The van der Waals surface area contributed by atoms with Gasteiger partial charge in [-0.05, 0) is 48.7 Å². The molecule has 7 nitrogen and oxygen atoms in total. The monoisotopic (exact) mass is 456 g/mol. The van der Waals surface area contributed by atoms with Crippen LogP contribution in [0.3, 0.4) is 0 Å². The Hall–Kier alpha value is -1.78. The van der Waals surface area contributed by atoms with E-state index in [1.54, 1.807) is 37.3 Å². The number of benzene rings is 2. The van der Waals surface area contributed by atoms with Crippen LogP contribution >= 0.6 is 11.6 Å². The van der Waals surface area contributed by atoms with Crippen molar-refractivity contribution in [1.82, 2.24) is 0 Å². The Bertz CT molecular complexity index is 909. The molecule has 0 spiro atoms. The lowest BCUT2D eigenvalue weighted by Gasteiger charge is -2.47. The van der Waals surface area contributed by atoms with Crippen LogP contribution in [0.5, 0.6) is 5.75 Å². The van der Waals surface area contributed by atoms with Crippen molar-refractivity contribution in [2.75, 3.05) is 20.3 Å². The molecule has 0 radical (unpaired) electrons. The average Bonchev–Trinajstić information content (AvgIpc) is 2.76. The molecule has 1 fully saturated rings. The van der Waals surface area contributed by atoms with Crippen LogP contribution in [0.4, 0.5) is 4.39 Å². The van der Waals surface area contributed by atoms with Crippen LogP contribution < -0.4 is 4.74 Å². The van der Waals surface area contributed by atoms with Crippen LogP contribution in [-0.2, 0) is 21.7 Å². The lowest BCUT2D eigenvalue weighted by Crippen LogP contribution is -2.64. The normalized spacial score (nSPS) is 28.5. The summed E-state index contributed by atoms with van der Waals surface area (Å²) in [4.78, 5) is 0. The molecule has 2 aromatic rings. The van der Waals surface area contributed by atoms with E-state index in [4.69, 9.17) is 25.8 Å². The largest absolute Gasteiger partial charge is 0.491 e. The smallest absolute Gasteiger partial charge is 0.224 e. The summed E-state index contributed by atoms with van der Waals surface area (Å²) in [6.45, 7) is 1.52. The van der Waals surface area contributed by atoms with Gasteiger partial charge in [-0.3, -0.25) is 0 Å². The number of aliphatic hydroxyl groups is 4. The topological polar surface area (TPSA) is 109 Å². The first-order valence-electron chi connectivity index (χ1n) is 9.85. The van der Waals surface area contributed by atoms with E-state index in [1.807, 2.05) is 0 Å². The first kappa shape index (κ1) is 23.9. The quantitative estimate of drug-likeness (QED) is 0.502. The van der Waals surface area contributed by atoms with Crippen LogP contribution in [0.25, 0.3) is 0 Å². The molecular formula is C22H26ClFO7. The molecule has 1 unspecified atom stereocenters. The first-order chi connectivity index (χ1) is 14.8. The van der Waals surface area contributed by atoms with Crippen molar-refractivity contribution in [3.63, 3.8) is 0 Å². The van der Waals surface area contributed by atoms with E-state index in [9.17, 15) is 24.8 Å². The van der Waals surface area contributed by atoms with Gasteiger partial charge in [-0.2, -0.15) is 0 Å². The number of rotatable bonds is 7. The number of hydrogen-bond acceptors (Lipinski definition) is 7. The van der Waals surface area contributed by atoms with Gasteiger partial charge in [0.2, 0.25) is 5.79 Å². The van der Waals surface area contributed by atoms with Crippen molar-refractivity contribution in [3.8, 4) is 5.75 Å². The third-order valence-electron chi connectivity index (χ3n) is 5.39. The Kier molecular flexibility index (Phi) is 7.54. The second-order valence-corrected chi connectivity index (χ2v) is 7.72. The zero-order valence-corrected chi connectivity index (χ0v) is 17.9. The van der Waals surface area contributed by atoms with Crippen molar-refractivity contribution in [3.05, 3.63) is 63.9 Å². The van der Waals surface area contributed by atoms with Crippen molar-refractivity contribution in [2.24, 2.45) is 0 Å². The molecular weight excluding hydrogens is 431 g/mol. The SMILES string of the molecule is CCOc1ccc(Cc2cc([C@]3(OC)OC(CO)[C@@H](O)[C@H](O)[C@H]3O)ccc2Cl)cc1F. The second kappa shape index (κ2) is 9.79. The van der Waals surface area contributed by atoms with Crippen LogP contribution in [0.15, 0.2) is 36.4 Å². The summed E-state index contributed by atoms with van der Waals surface area (Å²) in [7, 11) is 1.28. The minimum atomic E-state index is -1.85. The maximum atomic E-state index is 14.2. The fourth-order valence-electron chi connectivity index (χ4n) is 3.74. The summed E-state index contributed by atoms with van der Waals surface area (Å²) < 4.78 is 30.6. The molecule has 0 aliphatic carbocycles. The predicted octanol–water partition coefficient (Wildman–Crippen LogP) is 1.74. The number of ether oxygens (including phenoxy) is 3. The molecule has 2 aromatic carbocycles. The Labute approximate surface area is 184 Å². The molecule has 4 N–H and O–H groups in total. The van der Waals surface area contributed by atoms with Crippen LogP contribution in [0, 0.1) is 5.82 Å². The molecule has 31 heavy (non-hydrogen) atoms. The van der Waals surface area contributed by atoms with Gasteiger partial charge in [0.1, 0.15) is 24.4 Å². The van der Waals surface area contributed by atoms with E-state index >= 15 is 0 Å². The molecule has 9 heteroatoms. The number of hydrogen-bond donors (Lipinski definition) is 4. The molecule has 0 saturated carbocycles. The highest BCUT2D eigenvalue weighted by Gasteiger charge is 2.55. The third-order valence-corrected chi connectivity index (χ3v) is 5.76. The summed E-state index contributed by atoms with van der Waals surface area (Å²) in [5.74, 6) is -2.19. The summed E-state index contributed by atoms with van der Waals surface area (Å²) in [5.41, 5.74) is 1.55. The van der Waals surface area contributed by atoms with Crippen LogP contribution in [0.2, 0.25) is 5.02 Å². The van der Waals surface area contributed by atoms with Gasteiger partial charge < -0.3 is 34.6 Å². The maximum Gasteiger partial charge on any atom is 0.224 e. The fraction of sp³-hybridized carbons (Fsp3) is 0.455. The third kappa shape index (κ3) is 4.56. The molecule has 1 aliphatic heterocycles. The molecule has 1 aliphatic rings. The molecule has 0 amide bonds. The van der Waals surface area contributed by atoms with E-state index in [1.165, 1.54) is 13.2 Å². The summed E-state index contributed by atoms with van der Waals surface area (Å²) in [5, 5.41) is 40.9. The summed E-state index contributed by atoms with van der Waals surface area (Å²) in [6, 6.07) is 9.35. The van der Waals surface area contributed by atoms with Gasteiger partial charge in [0, 0.05) is 17.7 Å².